The van der Waals surface area contributed by atoms with Gasteiger partial charge < -0.3 is 16.8 Å². The number of aromatic nitrogens is 4. The van der Waals surface area contributed by atoms with Crippen LogP contribution in [0.5, 0.6) is 0 Å². The fourth-order valence-corrected chi connectivity index (χ4v) is 2.23. The Labute approximate surface area is 144 Å². The van der Waals surface area contributed by atoms with Gasteiger partial charge in [-0.05, 0) is 35.4 Å². The molecule has 24 heavy (non-hydrogen) atoms. The van der Waals surface area contributed by atoms with Crippen molar-refractivity contribution in [1.82, 2.24) is 20.2 Å². The molecule has 1 unspecified atom stereocenters. The number of nitrogens with two attached hydrogens (primary N) is 2. The molecule has 3 rings (SSSR count). The number of nitrogens with one attached hydrogen (secondary N) is 1. The van der Waals surface area contributed by atoms with Crippen LogP contribution in [-0.4, -0.2) is 38.1 Å². The van der Waals surface area contributed by atoms with E-state index in [0.29, 0.717) is 17.6 Å². The quantitative estimate of drug-likeness (QED) is 0.680. The van der Waals surface area contributed by atoms with Gasteiger partial charge in [-0.25, -0.2) is 4.68 Å². The Kier molecular flexibility index (Phi) is 5.47. The SMILES string of the molecule is Cl.NC(=O)CC(N)C(=O)Nc1cccc(-c2nnnn2C2CC2)c1. The number of hydrogen-bond donors (Lipinski definition) is 3. The molecular weight excluding hydrogens is 334 g/mol. The van der Waals surface area contributed by atoms with Gasteiger partial charge in [0.25, 0.3) is 0 Å². The normalized spacial score (nSPS) is 14.5. The van der Waals surface area contributed by atoms with Crippen molar-refractivity contribution in [2.24, 2.45) is 11.5 Å². The average Bonchev–Trinajstić information content (AvgIpc) is 3.23. The molecule has 1 saturated carbocycles. The molecule has 1 atom stereocenters. The van der Waals surface area contributed by atoms with E-state index in [2.05, 4.69) is 20.8 Å². The van der Waals surface area contributed by atoms with E-state index in [1.165, 1.54) is 0 Å². The second kappa shape index (κ2) is 7.37. The molecule has 1 aliphatic rings. The second-order valence-corrected chi connectivity index (χ2v) is 5.53. The highest BCUT2D eigenvalue weighted by molar-refractivity contribution is 5.97. The van der Waals surface area contributed by atoms with Gasteiger partial charge in [0.05, 0.1) is 18.5 Å². The smallest absolute Gasteiger partial charge is 0.241 e. The lowest BCUT2D eigenvalue weighted by Crippen LogP contribution is -2.38. The van der Waals surface area contributed by atoms with Gasteiger partial charge in [-0.3, -0.25) is 9.59 Å². The molecule has 2 aromatic rings. The molecule has 1 aromatic carbocycles. The molecule has 0 saturated heterocycles. The van der Waals surface area contributed by atoms with Crippen LogP contribution in [0.1, 0.15) is 25.3 Å². The van der Waals surface area contributed by atoms with E-state index in [1.807, 2.05) is 6.07 Å². The highest BCUT2D eigenvalue weighted by Crippen LogP contribution is 2.36. The molecule has 2 amide bonds. The van der Waals surface area contributed by atoms with Crippen molar-refractivity contribution in [3.63, 3.8) is 0 Å². The molecule has 0 spiro atoms. The average molecular weight is 352 g/mol. The predicted octanol–water partition coefficient (Wildman–Crippen LogP) is 0.238. The highest BCUT2D eigenvalue weighted by atomic mass is 35.5. The number of primary amides is 1. The Morgan fingerprint density at radius 2 is 2.12 bits per heavy atom. The number of nitrogens with zero attached hydrogens (tertiary/aromatic N) is 4. The molecule has 1 fully saturated rings. The van der Waals surface area contributed by atoms with Gasteiger partial charge in [0.2, 0.25) is 11.8 Å². The van der Waals surface area contributed by atoms with Crippen molar-refractivity contribution in [3.8, 4) is 11.4 Å². The maximum atomic E-state index is 11.9. The number of anilines is 1. The first kappa shape index (κ1) is 17.8. The maximum Gasteiger partial charge on any atom is 0.241 e. The minimum atomic E-state index is -0.979. The van der Waals surface area contributed by atoms with Crippen LogP contribution in [0.25, 0.3) is 11.4 Å². The lowest BCUT2D eigenvalue weighted by Gasteiger charge is -2.11. The van der Waals surface area contributed by atoms with E-state index in [0.717, 1.165) is 18.4 Å². The van der Waals surface area contributed by atoms with Crippen LogP contribution < -0.4 is 16.8 Å². The number of hydrogen-bond acceptors (Lipinski definition) is 6. The zero-order valence-electron chi connectivity index (χ0n) is 12.8. The molecule has 0 aliphatic heterocycles. The summed E-state index contributed by atoms with van der Waals surface area (Å²) in [6.07, 6.45) is 1.93. The van der Waals surface area contributed by atoms with Crippen LogP contribution in [0.2, 0.25) is 0 Å². The monoisotopic (exact) mass is 351 g/mol. The summed E-state index contributed by atoms with van der Waals surface area (Å²) in [6, 6.07) is 6.51. The highest BCUT2D eigenvalue weighted by Gasteiger charge is 2.28. The maximum absolute atomic E-state index is 11.9. The largest absolute Gasteiger partial charge is 0.370 e. The second-order valence-electron chi connectivity index (χ2n) is 5.53. The Morgan fingerprint density at radius 1 is 1.38 bits per heavy atom. The van der Waals surface area contributed by atoms with E-state index in [9.17, 15) is 9.59 Å². The van der Waals surface area contributed by atoms with Crippen LogP contribution in [-0.2, 0) is 9.59 Å². The Balaban J connectivity index is 0.00000208. The fourth-order valence-electron chi connectivity index (χ4n) is 2.23. The summed E-state index contributed by atoms with van der Waals surface area (Å²) < 4.78 is 1.79. The van der Waals surface area contributed by atoms with Gasteiger partial charge in [0.1, 0.15) is 0 Å². The minimum Gasteiger partial charge on any atom is -0.370 e. The van der Waals surface area contributed by atoms with Gasteiger partial charge in [-0.1, -0.05) is 12.1 Å². The summed E-state index contributed by atoms with van der Waals surface area (Å²) in [6.45, 7) is 0. The molecule has 1 heterocycles. The molecule has 9 nitrogen and oxygen atoms in total. The first-order chi connectivity index (χ1) is 11.0. The van der Waals surface area contributed by atoms with Crippen molar-refractivity contribution >= 4 is 29.9 Å². The summed E-state index contributed by atoms with van der Waals surface area (Å²) in [5.74, 6) is -0.433. The summed E-state index contributed by atoms with van der Waals surface area (Å²) in [7, 11) is 0. The topological polar surface area (TPSA) is 142 Å². The Bertz CT molecular complexity index is 744. The zero-order valence-corrected chi connectivity index (χ0v) is 13.6. The van der Waals surface area contributed by atoms with Crippen LogP contribution >= 0.6 is 12.4 Å². The summed E-state index contributed by atoms with van der Waals surface area (Å²) >= 11 is 0. The first-order valence-electron chi connectivity index (χ1n) is 7.27. The molecular formula is C14H18ClN7O2. The number of amides is 2. The lowest BCUT2D eigenvalue weighted by molar-refractivity contribution is -0.123. The number of benzene rings is 1. The van der Waals surface area contributed by atoms with E-state index >= 15 is 0 Å². The van der Waals surface area contributed by atoms with Crippen LogP contribution in [0.4, 0.5) is 5.69 Å². The molecule has 10 heteroatoms. The van der Waals surface area contributed by atoms with E-state index in [1.54, 1.807) is 22.9 Å². The zero-order chi connectivity index (χ0) is 16.4. The molecule has 1 aromatic heterocycles. The van der Waals surface area contributed by atoms with E-state index in [4.69, 9.17) is 11.5 Å². The van der Waals surface area contributed by atoms with Gasteiger partial charge >= 0.3 is 0 Å². The number of carbonyl (C=O) groups is 2. The third-order valence-corrected chi connectivity index (χ3v) is 3.53. The molecule has 1 aliphatic carbocycles. The minimum absolute atomic E-state index is 0. The van der Waals surface area contributed by atoms with Crippen molar-refractivity contribution in [2.75, 3.05) is 5.32 Å². The fraction of sp³-hybridized carbons (Fsp3) is 0.357. The third-order valence-electron chi connectivity index (χ3n) is 3.53. The standard InChI is InChI=1S/C14H17N7O2.ClH/c15-11(7-12(16)22)14(23)17-9-3-1-2-8(6-9)13-18-19-20-21(13)10-4-5-10;/h1-3,6,10-11H,4-5,7,15H2,(H2,16,22)(H,17,23);1H. The number of carbonyl (C=O) groups excluding carboxylic acids is 2. The lowest BCUT2D eigenvalue weighted by atomic mass is 10.1. The summed E-state index contributed by atoms with van der Waals surface area (Å²) in [4.78, 5) is 22.8. The van der Waals surface area contributed by atoms with Crippen LogP contribution in [0.3, 0.4) is 0 Å². The molecule has 5 N–H and O–H groups in total. The Morgan fingerprint density at radius 3 is 2.79 bits per heavy atom. The molecule has 0 radical (unpaired) electrons. The molecule has 128 valence electrons. The van der Waals surface area contributed by atoms with Gasteiger partial charge in [-0.2, -0.15) is 0 Å². The van der Waals surface area contributed by atoms with Crippen molar-refractivity contribution in [2.45, 2.75) is 31.3 Å². The van der Waals surface area contributed by atoms with Gasteiger partial charge in [0.15, 0.2) is 5.82 Å². The summed E-state index contributed by atoms with van der Waals surface area (Å²) in [5, 5.41) is 14.4. The summed E-state index contributed by atoms with van der Waals surface area (Å²) in [5.41, 5.74) is 12.0. The van der Waals surface area contributed by atoms with E-state index in [-0.39, 0.29) is 18.8 Å². The number of tetrazole rings is 1. The van der Waals surface area contributed by atoms with Crippen molar-refractivity contribution < 1.29 is 9.59 Å². The third kappa shape index (κ3) is 4.06. The van der Waals surface area contributed by atoms with Crippen molar-refractivity contribution in [3.05, 3.63) is 24.3 Å². The number of halogens is 1. The van der Waals surface area contributed by atoms with E-state index < -0.39 is 17.9 Å². The Hall–Kier alpha value is -2.52. The van der Waals surface area contributed by atoms with Crippen LogP contribution in [0.15, 0.2) is 24.3 Å². The number of rotatable bonds is 6. The van der Waals surface area contributed by atoms with Crippen LogP contribution in [0, 0.1) is 0 Å². The molecule has 0 bridgehead atoms. The van der Waals surface area contributed by atoms with Crippen molar-refractivity contribution in [1.29, 1.82) is 0 Å². The van der Waals surface area contributed by atoms with Gasteiger partial charge in [0, 0.05) is 11.3 Å². The predicted molar refractivity (Wildman–Crippen MR) is 89.2 cm³/mol. The van der Waals surface area contributed by atoms with Gasteiger partial charge in [-0.15, -0.1) is 17.5 Å². The first-order valence-corrected chi connectivity index (χ1v) is 7.27.